The Morgan fingerprint density at radius 3 is 2.61 bits per heavy atom. The van der Waals surface area contributed by atoms with Crippen molar-refractivity contribution in [2.75, 3.05) is 11.9 Å². The summed E-state index contributed by atoms with van der Waals surface area (Å²) in [7, 11) is 0. The van der Waals surface area contributed by atoms with E-state index in [0.29, 0.717) is 18.7 Å². The average Bonchev–Trinajstić information content (AvgIpc) is 2.42. The second kappa shape index (κ2) is 8.11. The lowest BCUT2D eigenvalue weighted by molar-refractivity contribution is -0.384. The summed E-state index contributed by atoms with van der Waals surface area (Å²) < 4.78 is 5.06. The first-order valence-electron chi connectivity index (χ1n) is 7.18. The monoisotopic (exact) mass is 323 g/mol. The highest BCUT2D eigenvalue weighted by Gasteiger charge is 2.15. The topological polar surface area (TPSA) is 111 Å². The predicted molar refractivity (Wildman–Crippen MR) is 85.2 cm³/mol. The molecule has 1 aromatic carbocycles. The molecule has 0 heterocycles. The number of non-ortho nitro benzene ring substituents is 1. The molecule has 0 aliphatic carbocycles. The highest BCUT2D eigenvalue weighted by molar-refractivity contribution is 5.91. The first kappa shape index (κ1) is 18.4. The van der Waals surface area contributed by atoms with Crippen LogP contribution in [0.25, 0.3) is 0 Å². The number of benzene rings is 1. The summed E-state index contributed by atoms with van der Waals surface area (Å²) >= 11 is 0. The molecular weight excluding hydrogens is 302 g/mol. The maximum atomic E-state index is 11.7. The molecule has 1 rings (SSSR count). The lowest BCUT2D eigenvalue weighted by Crippen LogP contribution is -2.33. The Morgan fingerprint density at radius 2 is 2.00 bits per heavy atom. The molecule has 126 valence electrons. The van der Waals surface area contributed by atoms with Crippen LogP contribution in [0.15, 0.2) is 24.3 Å². The molecule has 0 saturated carbocycles. The number of alkyl carbamates (subject to hydrolysis) is 1. The van der Waals surface area contributed by atoms with Crippen molar-refractivity contribution in [1.82, 2.24) is 5.32 Å². The first-order chi connectivity index (χ1) is 10.7. The van der Waals surface area contributed by atoms with Crippen LogP contribution >= 0.6 is 0 Å². The molecule has 0 bridgehead atoms. The van der Waals surface area contributed by atoms with Crippen LogP contribution in [0.4, 0.5) is 16.2 Å². The number of carbonyl (C=O) groups is 2. The van der Waals surface area contributed by atoms with Crippen molar-refractivity contribution >= 4 is 23.4 Å². The van der Waals surface area contributed by atoms with Gasteiger partial charge in [-0.1, -0.05) is 6.07 Å². The smallest absolute Gasteiger partial charge is 0.407 e. The number of nitro groups is 1. The third kappa shape index (κ3) is 7.79. The number of rotatable bonds is 6. The molecule has 0 radical (unpaired) electrons. The highest BCUT2D eigenvalue weighted by atomic mass is 16.6. The molecule has 0 fully saturated rings. The van der Waals surface area contributed by atoms with E-state index in [-0.39, 0.29) is 18.0 Å². The lowest BCUT2D eigenvalue weighted by atomic mass is 10.2. The van der Waals surface area contributed by atoms with Crippen molar-refractivity contribution in [3.8, 4) is 0 Å². The van der Waals surface area contributed by atoms with Gasteiger partial charge in [0.05, 0.1) is 4.92 Å². The number of ether oxygens (including phenoxy) is 1. The van der Waals surface area contributed by atoms with Gasteiger partial charge in [0.2, 0.25) is 5.91 Å². The highest BCUT2D eigenvalue weighted by Crippen LogP contribution is 2.17. The minimum atomic E-state index is -0.566. The molecule has 0 aliphatic rings. The molecule has 0 aromatic heterocycles. The fraction of sp³-hybridized carbons (Fsp3) is 0.467. The number of hydrogen-bond acceptors (Lipinski definition) is 5. The SMILES string of the molecule is CC(C)(C)OC(=O)NCCCC(=O)Nc1cccc([N+](=O)[O-])c1. The average molecular weight is 323 g/mol. The second-order valence-electron chi connectivity index (χ2n) is 5.89. The molecule has 2 amide bonds. The Kier molecular flexibility index (Phi) is 6.49. The third-order valence-corrected chi connectivity index (χ3v) is 2.59. The van der Waals surface area contributed by atoms with Gasteiger partial charge in [0, 0.05) is 30.8 Å². The van der Waals surface area contributed by atoms with E-state index in [9.17, 15) is 19.7 Å². The van der Waals surface area contributed by atoms with Crippen LogP contribution in [-0.4, -0.2) is 29.1 Å². The van der Waals surface area contributed by atoms with E-state index < -0.39 is 16.6 Å². The summed E-state index contributed by atoms with van der Waals surface area (Å²) in [5.41, 5.74) is -0.289. The minimum absolute atomic E-state index is 0.0885. The number of nitro benzene ring substituents is 1. The Morgan fingerprint density at radius 1 is 1.30 bits per heavy atom. The number of anilines is 1. The summed E-state index contributed by atoms with van der Waals surface area (Å²) in [4.78, 5) is 33.3. The quantitative estimate of drug-likeness (QED) is 0.475. The number of amides is 2. The van der Waals surface area contributed by atoms with Gasteiger partial charge in [-0.25, -0.2) is 4.79 Å². The number of nitrogens with one attached hydrogen (secondary N) is 2. The maximum Gasteiger partial charge on any atom is 0.407 e. The van der Waals surface area contributed by atoms with Crippen LogP contribution in [0, 0.1) is 10.1 Å². The van der Waals surface area contributed by atoms with Gasteiger partial charge in [-0.3, -0.25) is 14.9 Å². The lowest BCUT2D eigenvalue weighted by Gasteiger charge is -2.19. The largest absolute Gasteiger partial charge is 0.444 e. The molecule has 2 N–H and O–H groups in total. The van der Waals surface area contributed by atoms with Crippen LogP contribution in [0.5, 0.6) is 0 Å². The van der Waals surface area contributed by atoms with Crippen LogP contribution < -0.4 is 10.6 Å². The van der Waals surface area contributed by atoms with E-state index in [0.717, 1.165) is 0 Å². The van der Waals surface area contributed by atoms with Crippen molar-refractivity contribution in [3.05, 3.63) is 34.4 Å². The molecule has 23 heavy (non-hydrogen) atoms. The first-order valence-corrected chi connectivity index (χ1v) is 7.18. The summed E-state index contributed by atoms with van der Waals surface area (Å²) in [6.07, 6.45) is 0.0787. The fourth-order valence-electron chi connectivity index (χ4n) is 1.67. The number of carbonyl (C=O) groups excluding carboxylic acids is 2. The van der Waals surface area contributed by atoms with Gasteiger partial charge in [-0.15, -0.1) is 0 Å². The molecule has 0 saturated heterocycles. The van der Waals surface area contributed by atoms with Gasteiger partial charge in [0.15, 0.2) is 0 Å². The molecule has 1 aromatic rings. The van der Waals surface area contributed by atoms with Gasteiger partial charge in [0.25, 0.3) is 5.69 Å². The van der Waals surface area contributed by atoms with Crippen molar-refractivity contribution in [1.29, 1.82) is 0 Å². The van der Waals surface area contributed by atoms with Crippen molar-refractivity contribution < 1.29 is 19.2 Å². The Labute approximate surface area is 134 Å². The Balaban J connectivity index is 2.31. The molecule has 0 unspecified atom stereocenters. The fourth-order valence-corrected chi connectivity index (χ4v) is 1.67. The molecular formula is C15H21N3O5. The number of hydrogen-bond donors (Lipinski definition) is 2. The van der Waals surface area contributed by atoms with Crippen LogP contribution in [0.1, 0.15) is 33.6 Å². The van der Waals surface area contributed by atoms with E-state index in [1.807, 2.05) is 0 Å². The normalized spacial score (nSPS) is 10.7. The van der Waals surface area contributed by atoms with Gasteiger partial charge < -0.3 is 15.4 Å². The zero-order valence-electron chi connectivity index (χ0n) is 13.4. The summed E-state index contributed by atoms with van der Waals surface area (Å²) in [6.45, 7) is 5.59. The zero-order chi connectivity index (χ0) is 17.5. The van der Waals surface area contributed by atoms with E-state index >= 15 is 0 Å². The van der Waals surface area contributed by atoms with E-state index in [4.69, 9.17) is 4.74 Å². The van der Waals surface area contributed by atoms with Gasteiger partial charge in [-0.2, -0.15) is 0 Å². The van der Waals surface area contributed by atoms with Gasteiger partial charge in [0.1, 0.15) is 5.60 Å². The van der Waals surface area contributed by atoms with E-state index in [2.05, 4.69) is 10.6 Å². The second-order valence-corrected chi connectivity index (χ2v) is 5.89. The predicted octanol–water partition coefficient (Wildman–Crippen LogP) is 2.84. The minimum Gasteiger partial charge on any atom is -0.444 e. The van der Waals surface area contributed by atoms with Crippen LogP contribution in [-0.2, 0) is 9.53 Å². The number of nitrogens with zero attached hydrogens (tertiary/aromatic N) is 1. The molecule has 0 spiro atoms. The summed E-state index contributed by atoms with van der Waals surface area (Å²) in [5, 5.41) is 15.8. The van der Waals surface area contributed by atoms with Crippen molar-refractivity contribution in [3.63, 3.8) is 0 Å². The van der Waals surface area contributed by atoms with Crippen molar-refractivity contribution in [2.24, 2.45) is 0 Å². The van der Waals surface area contributed by atoms with Gasteiger partial charge >= 0.3 is 6.09 Å². The molecule has 0 aliphatic heterocycles. The zero-order valence-corrected chi connectivity index (χ0v) is 13.4. The molecule has 0 atom stereocenters. The van der Waals surface area contributed by atoms with Crippen molar-refractivity contribution in [2.45, 2.75) is 39.2 Å². The van der Waals surface area contributed by atoms with Crippen LogP contribution in [0.3, 0.4) is 0 Å². The summed E-state index contributed by atoms with van der Waals surface area (Å²) in [5.74, 6) is -0.281. The molecule has 8 heteroatoms. The third-order valence-electron chi connectivity index (χ3n) is 2.59. The molecule has 8 nitrogen and oxygen atoms in total. The maximum absolute atomic E-state index is 11.7. The standard InChI is InChI=1S/C15H21N3O5/c1-15(2,3)23-14(20)16-9-5-8-13(19)17-11-6-4-7-12(10-11)18(21)22/h4,6-7,10H,5,8-9H2,1-3H3,(H,16,20)(H,17,19). The van der Waals surface area contributed by atoms with Gasteiger partial charge in [-0.05, 0) is 33.3 Å². The summed E-state index contributed by atoms with van der Waals surface area (Å²) in [6, 6.07) is 5.71. The van der Waals surface area contributed by atoms with E-state index in [1.54, 1.807) is 26.8 Å². The van der Waals surface area contributed by atoms with Crippen LogP contribution in [0.2, 0.25) is 0 Å². The Hall–Kier alpha value is -2.64. The van der Waals surface area contributed by atoms with E-state index in [1.165, 1.54) is 18.2 Å². The Bertz CT molecular complexity index is 581.